The molecule has 0 bridgehead atoms. The van der Waals surface area contributed by atoms with Gasteiger partial charge >= 0.3 is 0 Å². The van der Waals surface area contributed by atoms with Gasteiger partial charge in [0.25, 0.3) is 5.91 Å². The number of anilines is 2. The number of benzene rings is 2. The third kappa shape index (κ3) is 5.13. The minimum Gasteiger partial charge on any atom is -0.330 e. The third-order valence-corrected chi connectivity index (χ3v) is 5.02. The Labute approximate surface area is 152 Å². The van der Waals surface area contributed by atoms with Crippen LogP contribution in [0.4, 0.5) is 10.8 Å². The van der Waals surface area contributed by atoms with Crippen LogP contribution >= 0.6 is 23.1 Å². The molecule has 6 nitrogen and oxygen atoms in total. The van der Waals surface area contributed by atoms with Crippen LogP contribution in [0.3, 0.4) is 0 Å². The highest BCUT2D eigenvalue weighted by molar-refractivity contribution is 8.01. The van der Waals surface area contributed by atoms with Crippen LogP contribution in [0.5, 0.6) is 0 Å². The molecule has 0 fully saturated rings. The van der Waals surface area contributed by atoms with Gasteiger partial charge < -0.3 is 5.32 Å². The molecule has 3 rings (SSSR count). The fourth-order valence-electron chi connectivity index (χ4n) is 1.92. The summed E-state index contributed by atoms with van der Waals surface area (Å²) in [4.78, 5) is 23.8. The lowest BCUT2D eigenvalue weighted by Gasteiger charge is -2.02. The van der Waals surface area contributed by atoms with Crippen molar-refractivity contribution in [1.29, 1.82) is 0 Å². The molecular formula is C17H14N4O2S2. The Morgan fingerprint density at radius 3 is 2.36 bits per heavy atom. The van der Waals surface area contributed by atoms with E-state index in [-0.39, 0.29) is 11.7 Å². The summed E-state index contributed by atoms with van der Waals surface area (Å²) in [5, 5.41) is 14.2. The van der Waals surface area contributed by atoms with Crippen LogP contribution in [-0.4, -0.2) is 27.8 Å². The summed E-state index contributed by atoms with van der Waals surface area (Å²) in [5.41, 5.74) is 1.37. The third-order valence-electron chi connectivity index (χ3n) is 3.05. The summed E-state index contributed by atoms with van der Waals surface area (Å²) in [7, 11) is 0. The maximum atomic E-state index is 11.9. The van der Waals surface area contributed by atoms with E-state index in [4.69, 9.17) is 0 Å². The Hall–Kier alpha value is -2.71. The second-order valence-corrected chi connectivity index (χ2v) is 7.10. The van der Waals surface area contributed by atoms with Crippen LogP contribution in [0.25, 0.3) is 0 Å². The Bertz CT molecular complexity index is 853. The maximum Gasteiger partial charge on any atom is 0.257 e. The van der Waals surface area contributed by atoms with Gasteiger partial charge in [0.05, 0.1) is 5.75 Å². The molecule has 0 atom stereocenters. The van der Waals surface area contributed by atoms with Crippen molar-refractivity contribution in [3.8, 4) is 0 Å². The van der Waals surface area contributed by atoms with Gasteiger partial charge in [-0.05, 0) is 24.3 Å². The monoisotopic (exact) mass is 370 g/mol. The zero-order valence-electron chi connectivity index (χ0n) is 13.0. The molecule has 8 heteroatoms. The lowest BCUT2D eigenvalue weighted by Crippen LogP contribution is -2.31. The lowest BCUT2D eigenvalue weighted by molar-refractivity contribution is -0.117. The average Bonchev–Trinajstić information content (AvgIpc) is 3.09. The van der Waals surface area contributed by atoms with Crippen LogP contribution in [0, 0.1) is 0 Å². The van der Waals surface area contributed by atoms with Crippen LogP contribution in [0.1, 0.15) is 10.4 Å². The van der Waals surface area contributed by atoms with Crippen molar-refractivity contribution in [3.05, 3.63) is 66.2 Å². The highest BCUT2D eigenvalue weighted by Crippen LogP contribution is 2.27. The van der Waals surface area contributed by atoms with E-state index in [0.717, 1.165) is 5.69 Å². The van der Waals surface area contributed by atoms with Crippen molar-refractivity contribution in [1.82, 2.24) is 15.5 Å². The molecule has 3 aromatic rings. The average molecular weight is 370 g/mol. The van der Waals surface area contributed by atoms with E-state index in [1.54, 1.807) is 24.3 Å². The molecule has 0 aliphatic carbocycles. The molecule has 0 saturated carbocycles. The summed E-state index contributed by atoms with van der Waals surface area (Å²) in [6.07, 6.45) is 0. The van der Waals surface area contributed by atoms with Crippen LogP contribution in [0.2, 0.25) is 0 Å². The van der Waals surface area contributed by atoms with Crippen molar-refractivity contribution < 1.29 is 9.59 Å². The van der Waals surface area contributed by atoms with Gasteiger partial charge in [0.1, 0.15) is 0 Å². The zero-order chi connectivity index (χ0) is 17.5. The maximum absolute atomic E-state index is 11.9. The van der Waals surface area contributed by atoms with Crippen molar-refractivity contribution in [3.63, 3.8) is 0 Å². The van der Waals surface area contributed by atoms with E-state index >= 15 is 0 Å². The Morgan fingerprint density at radius 1 is 0.960 bits per heavy atom. The van der Waals surface area contributed by atoms with E-state index < -0.39 is 5.91 Å². The summed E-state index contributed by atoms with van der Waals surface area (Å²) < 4.78 is 0.653. The molecule has 25 heavy (non-hydrogen) atoms. The molecular weight excluding hydrogens is 356 g/mol. The number of hydrogen-bond acceptors (Lipinski definition) is 7. The predicted octanol–water partition coefficient (Wildman–Crippen LogP) is 3.33. The Balaban J connectivity index is 1.48. The van der Waals surface area contributed by atoms with E-state index in [1.165, 1.54) is 23.1 Å². The summed E-state index contributed by atoms with van der Waals surface area (Å²) >= 11 is 2.59. The molecule has 0 unspecified atom stereocenters. The first-order chi connectivity index (χ1) is 12.2. The van der Waals surface area contributed by atoms with Crippen LogP contribution in [-0.2, 0) is 4.79 Å². The summed E-state index contributed by atoms with van der Waals surface area (Å²) in [5.74, 6) is -0.681. The molecule has 2 amide bonds. The SMILES string of the molecule is O=C(CSc1nnc(Nc2ccccc2)s1)NC(=O)c1ccccc1. The van der Waals surface area contributed by atoms with Crippen LogP contribution in [0.15, 0.2) is 65.0 Å². The normalized spacial score (nSPS) is 10.2. The fraction of sp³-hybridized carbons (Fsp3) is 0.0588. The predicted molar refractivity (Wildman–Crippen MR) is 99.3 cm³/mol. The molecule has 1 heterocycles. The van der Waals surface area contributed by atoms with Gasteiger partial charge in [-0.25, -0.2) is 0 Å². The van der Waals surface area contributed by atoms with Gasteiger partial charge in [-0.1, -0.05) is 59.5 Å². The number of hydrogen-bond donors (Lipinski definition) is 2. The number of para-hydroxylation sites is 1. The van der Waals surface area contributed by atoms with Gasteiger partial charge in [0.15, 0.2) is 4.34 Å². The van der Waals surface area contributed by atoms with E-state index in [2.05, 4.69) is 20.8 Å². The van der Waals surface area contributed by atoms with E-state index in [9.17, 15) is 9.59 Å². The van der Waals surface area contributed by atoms with Gasteiger partial charge in [-0.2, -0.15) is 0 Å². The van der Waals surface area contributed by atoms with Crippen molar-refractivity contribution in [2.24, 2.45) is 0 Å². The first kappa shape index (κ1) is 17.1. The Kier molecular flexibility index (Phi) is 5.76. The topological polar surface area (TPSA) is 84.0 Å². The van der Waals surface area contributed by atoms with Crippen molar-refractivity contribution in [2.45, 2.75) is 4.34 Å². The van der Waals surface area contributed by atoms with Crippen molar-refractivity contribution >= 4 is 45.7 Å². The molecule has 0 spiro atoms. The molecule has 0 radical (unpaired) electrons. The van der Waals surface area contributed by atoms with Crippen LogP contribution < -0.4 is 10.6 Å². The number of carbonyl (C=O) groups excluding carboxylic acids is 2. The fourth-order valence-corrected chi connectivity index (χ4v) is 3.49. The summed E-state index contributed by atoms with van der Waals surface area (Å²) in [6.45, 7) is 0. The quantitative estimate of drug-likeness (QED) is 0.648. The molecule has 1 aromatic heterocycles. The molecule has 2 N–H and O–H groups in total. The Morgan fingerprint density at radius 2 is 1.64 bits per heavy atom. The standard InChI is InChI=1S/C17H14N4O2S2/c22-14(19-15(23)12-7-3-1-4-8-12)11-24-17-21-20-16(25-17)18-13-9-5-2-6-10-13/h1-10H,11H2,(H,18,20)(H,19,22,23). The van der Waals surface area contributed by atoms with Gasteiger partial charge in [-0.15, -0.1) is 10.2 Å². The minimum atomic E-state index is -0.408. The number of rotatable bonds is 6. The second-order valence-electron chi connectivity index (χ2n) is 4.90. The molecule has 0 aliphatic rings. The first-order valence-electron chi connectivity index (χ1n) is 7.38. The highest BCUT2D eigenvalue weighted by Gasteiger charge is 2.12. The molecule has 0 saturated heterocycles. The zero-order valence-corrected chi connectivity index (χ0v) is 14.6. The molecule has 0 aliphatic heterocycles. The van der Waals surface area contributed by atoms with Crippen molar-refractivity contribution in [2.75, 3.05) is 11.1 Å². The largest absolute Gasteiger partial charge is 0.330 e. The highest BCUT2D eigenvalue weighted by atomic mass is 32.2. The number of amides is 2. The lowest BCUT2D eigenvalue weighted by atomic mass is 10.2. The smallest absolute Gasteiger partial charge is 0.257 e. The van der Waals surface area contributed by atoms with Gasteiger partial charge in [-0.3, -0.25) is 14.9 Å². The molecule has 2 aromatic carbocycles. The first-order valence-corrected chi connectivity index (χ1v) is 9.18. The number of thioether (sulfide) groups is 1. The number of imide groups is 1. The number of nitrogens with zero attached hydrogens (tertiary/aromatic N) is 2. The van der Waals surface area contributed by atoms with Gasteiger partial charge in [0, 0.05) is 11.3 Å². The minimum absolute atomic E-state index is 0.0958. The number of nitrogens with one attached hydrogen (secondary N) is 2. The number of aromatic nitrogens is 2. The molecule has 126 valence electrons. The summed E-state index contributed by atoms with van der Waals surface area (Å²) in [6, 6.07) is 18.2. The second kappa shape index (κ2) is 8.41. The van der Waals surface area contributed by atoms with E-state index in [0.29, 0.717) is 15.0 Å². The van der Waals surface area contributed by atoms with Gasteiger partial charge in [0.2, 0.25) is 11.0 Å². The number of carbonyl (C=O) groups is 2. The van der Waals surface area contributed by atoms with E-state index in [1.807, 2.05) is 36.4 Å².